The molecule has 2 N–H and O–H groups in total. The highest BCUT2D eigenvalue weighted by Gasteiger charge is 2.31. The number of amides is 2. The van der Waals surface area contributed by atoms with Gasteiger partial charge in [0.05, 0.1) is 11.4 Å². The number of aryl methyl sites for hydroxylation is 2. The second kappa shape index (κ2) is 9.92. The van der Waals surface area contributed by atoms with Crippen LogP contribution in [0.25, 0.3) is 0 Å². The number of aromatic nitrogens is 2. The lowest BCUT2D eigenvalue weighted by atomic mass is 10.2. The van der Waals surface area contributed by atoms with Crippen molar-refractivity contribution >= 4 is 22.0 Å². The predicted molar refractivity (Wildman–Crippen MR) is 113 cm³/mol. The van der Waals surface area contributed by atoms with E-state index in [0.29, 0.717) is 30.9 Å². The minimum atomic E-state index is -3.70. The Morgan fingerprint density at radius 3 is 2.55 bits per heavy atom. The molecule has 2 aromatic rings. The number of hydrogen-bond acceptors (Lipinski definition) is 6. The molecule has 0 atom stereocenters. The van der Waals surface area contributed by atoms with E-state index in [1.807, 2.05) is 30.3 Å². The topological polar surface area (TPSA) is 125 Å². The first-order chi connectivity index (χ1) is 14.8. The largest absolute Gasteiger partial charge is 0.445 e. The van der Waals surface area contributed by atoms with Gasteiger partial charge in [0, 0.05) is 26.2 Å². The fraction of sp³-hybridized carbons (Fsp3) is 0.450. The van der Waals surface area contributed by atoms with Crippen LogP contribution < -0.4 is 5.32 Å². The standard InChI is InChI=1S/C20H27N5O5S/c1-15-19(16(2)23-22-15)31(28,29)25-10-6-9-24(11-12-25)18(26)13-21-20(27)30-14-17-7-4-3-5-8-17/h3-5,7-8H,6,9-14H2,1-2H3,(H,21,27)(H,22,23). The third-order valence-corrected chi connectivity index (χ3v) is 7.23. The average Bonchev–Trinajstić information content (AvgIpc) is 2.95. The number of benzene rings is 1. The van der Waals surface area contributed by atoms with E-state index >= 15 is 0 Å². The van der Waals surface area contributed by atoms with Gasteiger partial charge in [-0.1, -0.05) is 30.3 Å². The van der Waals surface area contributed by atoms with Gasteiger partial charge in [-0.25, -0.2) is 13.2 Å². The predicted octanol–water partition coefficient (Wildman–Crippen LogP) is 1.18. The zero-order valence-electron chi connectivity index (χ0n) is 17.6. The van der Waals surface area contributed by atoms with E-state index in [4.69, 9.17) is 4.74 Å². The number of nitrogens with one attached hydrogen (secondary N) is 2. The van der Waals surface area contributed by atoms with Gasteiger partial charge in [-0.2, -0.15) is 9.40 Å². The fourth-order valence-electron chi connectivity index (χ4n) is 3.47. The Hall–Kier alpha value is -2.92. The number of H-pyrrole nitrogens is 1. The molecule has 0 unspecified atom stereocenters. The molecule has 2 heterocycles. The van der Waals surface area contributed by atoms with Gasteiger partial charge >= 0.3 is 6.09 Å². The van der Waals surface area contributed by atoms with Gasteiger partial charge in [0.2, 0.25) is 15.9 Å². The number of hydrogen-bond donors (Lipinski definition) is 2. The Morgan fingerprint density at radius 1 is 1.13 bits per heavy atom. The summed E-state index contributed by atoms with van der Waals surface area (Å²) in [5.74, 6) is -0.286. The first-order valence-corrected chi connectivity index (χ1v) is 11.5. The maximum Gasteiger partial charge on any atom is 0.407 e. The van der Waals surface area contributed by atoms with Crippen molar-refractivity contribution in [3.05, 3.63) is 47.3 Å². The van der Waals surface area contributed by atoms with Gasteiger partial charge in [0.25, 0.3) is 0 Å². The Kier molecular flexibility index (Phi) is 7.29. The minimum Gasteiger partial charge on any atom is -0.445 e. The minimum absolute atomic E-state index is 0.115. The number of carbonyl (C=O) groups excluding carboxylic acids is 2. The summed E-state index contributed by atoms with van der Waals surface area (Å²) in [7, 11) is -3.70. The summed E-state index contributed by atoms with van der Waals surface area (Å²) >= 11 is 0. The van der Waals surface area contributed by atoms with Gasteiger partial charge in [0.15, 0.2) is 0 Å². The Balaban J connectivity index is 1.50. The zero-order chi connectivity index (χ0) is 22.4. The highest BCUT2D eigenvalue weighted by atomic mass is 32.2. The zero-order valence-corrected chi connectivity index (χ0v) is 18.4. The number of aromatic amines is 1. The van der Waals surface area contributed by atoms with Crippen molar-refractivity contribution in [2.45, 2.75) is 31.8 Å². The molecule has 10 nitrogen and oxygen atoms in total. The molecule has 0 aliphatic carbocycles. The van der Waals surface area contributed by atoms with Crippen LogP contribution in [0.4, 0.5) is 4.79 Å². The van der Waals surface area contributed by atoms with Crippen molar-refractivity contribution in [2.75, 3.05) is 32.7 Å². The SMILES string of the molecule is Cc1n[nH]c(C)c1S(=O)(=O)N1CCCN(C(=O)CNC(=O)OCc2ccccc2)CC1. The Morgan fingerprint density at radius 2 is 1.87 bits per heavy atom. The second-order valence-corrected chi connectivity index (χ2v) is 9.19. The van der Waals surface area contributed by atoms with Gasteiger partial charge in [-0.3, -0.25) is 9.89 Å². The van der Waals surface area contributed by atoms with Crippen LogP contribution in [0.1, 0.15) is 23.4 Å². The summed E-state index contributed by atoms with van der Waals surface area (Å²) in [6.45, 7) is 4.36. The number of sulfonamides is 1. The number of nitrogens with zero attached hydrogens (tertiary/aromatic N) is 3. The number of ether oxygens (including phenoxy) is 1. The van der Waals surface area contributed by atoms with Crippen LogP contribution in [0, 0.1) is 13.8 Å². The molecule has 3 rings (SSSR count). The monoisotopic (exact) mass is 449 g/mol. The van der Waals surface area contributed by atoms with Crippen LogP contribution in [0.15, 0.2) is 35.2 Å². The van der Waals surface area contributed by atoms with E-state index in [9.17, 15) is 18.0 Å². The number of alkyl carbamates (subject to hydrolysis) is 1. The van der Waals surface area contributed by atoms with E-state index in [2.05, 4.69) is 15.5 Å². The summed E-state index contributed by atoms with van der Waals surface area (Å²) in [5.41, 5.74) is 1.77. The lowest BCUT2D eigenvalue weighted by Gasteiger charge is -2.22. The smallest absolute Gasteiger partial charge is 0.407 e. The molecular formula is C20H27N5O5S. The molecule has 168 valence electrons. The maximum atomic E-state index is 13.0. The first-order valence-electron chi connectivity index (χ1n) is 10.0. The molecule has 1 fully saturated rings. The van der Waals surface area contributed by atoms with Gasteiger partial charge in [0.1, 0.15) is 18.0 Å². The van der Waals surface area contributed by atoms with Gasteiger partial charge in [-0.15, -0.1) is 0 Å². The molecule has 1 aromatic carbocycles. The third kappa shape index (κ3) is 5.61. The summed E-state index contributed by atoms with van der Waals surface area (Å²) in [5, 5.41) is 9.12. The highest BCUT2D eigenvalue weighted by molar-refractivity contribution is 7.89. The van der Waals surface area contributed by atoms with Crippen LogP contribution in [0.5, 0.6) is 0 Å². The molecule has 0 radical (unpaired) electrons. The van der Waals surface area contributed by atoms with Crippen molar-refractivity contribution in [3.63, 3.8) is 0 Å². The molecule has 0 bridgehead atoms. The van der Waals surface area contributed by atoms with Crippen LogP contribution in [-0.4, -0.2) is 72.5 Å². The molecule has 1 aromatic heterocycles. The molecule has 0 spiro atoms. The van der Waals surface area contributed by atoms with Crippen molar-refractivity contribution in [1.29, 1.82) is 0 Å². The number of carbonyl (C=O) groups is 2. The number of rotatable bonds is 6. The maximum absolute atomic E-state index is 13.0. The third-order valence-electron chi connectivity index (χ3n) is 5.06. The van der Waals surface area contributed by atoms with E-state index in [1.165, 1.54) is 4.31 Å². The van der Waals surface area contributed by atoms with Crippen molar-refractivity contribution in [3.8, 4) is 0 Å². The highest BCUT2D eigenvalue weighted by Crippen LogP contribution is 2.22. The summed E-state index contributed by atoms with van der Waals surface area (Å²) < 4.78 is 32.5. The van der Waals surface area contributed by atoms with Crippen molar-refractivity contribution in [1.82, 2.24) is 24.7 Å². The molecular weight excluding hydrogens is 422 g/mol. The summed E-state index contributed by atoms with van der Waals surface area (Å²) in [6.07, 6.45) is -0.179. The lowest BCUT2D eigenvalue weighted by molar-refractivity contribution is -0.130. The molecule has 11 heteroatoms. The van der Waals surface area contributed by atoms with Crippen LogP contribution >= 0.6 is 0 Å². The lowest BCUT2D eigenvalue weighted by Crippen LogP contribution is -2.42. The van der Waals surface area contributed by atoms with E-state index in [0.717, 1.165) is 5.56 Å². The van der Waals surface area contributed by atoms with Crippen LogP contribution in [-0.2, 0) is 26.2 Å². The molecule has 0 saturated carbocycles. The van der Waals surface area contributed by atoms with Gasteiger partial charge in [-0.05, 0) is 25.8 Å². The Bertz CT molecular complexity index is 1000. The fourth-order valence-corrected chi connectivity index (χ4v) is 5.27. The summed E-state index contributed by atoms with van der Waals surface area (Å²) in [4.78, 5) is 26.1. The quantitative estimate of drug-likeness (QED) is 0.682. The van der Waals surface area contributed by atoms with Crippen molar-refractivity contribution in [2.24, 2.45) is 0 Å². The average molecular weight is 450 g/mol. The van der Waals surface area contributed by atoms with Crippen molar-refractivity contribution < 1.29 is 22.7 Å². The van der Waals surface area contributed by atoms with Crippen LogP contribution in [0.3, 0.4) is 0 Å². The first kappa shape index (κ1) is 22.8. The van der Waals surface area contributed by atoms with E-state index < -0.39 is 16.1 Å². The normalized spacial score (nSPS) is 15.4. The molecule has 1 saturated heterocycles. The molecule has 31 heavy (non-hydrogen) atoms. The molecule has 1 aliphatic rings. The van der Waals surface area contributed by atoms with Gasteiger partial charge < -0.3 is 15.0 Å². The Labute approximate surface area is 181 Å². The second-order valence-electron chi connectivity index (χ2n) is 7.32. The van der Waals surface area contributed by atoms with E-state index in [-0.39, 0.29) is 37.0 Å². The molecule has 2 amide bonds. The van der Waals surface area contributed by atoms with E-state index in [1.54, 1.807) is 18.7 Å². The van der Waals surface area contributed by atoms with Crippen LogP contribution in [0.2, 0.25) is 0 Å². The summed E-state index contributed by atoms with van der Waals surface area (Å²) in [6, 6.07) is 9.23. The molecule has 1 aliphatic heterocycles.